The predicted octanol–water partition coefficient (Wildman–Crippen LogP) is 1.65. The molecule has 7 nitrogen and oxygen atoms in total. The van der Waals surface area contributed by atoms with Gasteiger partial charge in [-0.05, 0) is 37.1 Å². The number of anilines is 1. The first-order chi connectivity index (χ1) is 13.6. The number of hydrogen-bond donors (Lipinski definition) is 1. The zero-order valence-electron chi connectivity index (χ0n) is 15.9. The Hall–Kier alpha value is -3.06. The minimum Gasteiger partial charge on any atom is -0.368 e. The number of nitrogens with zero attached hydrogens (tertiary/aromatic N) is 4. The summed E-state index contributed by atoms with van der Waals surface area (Å²) in [6.45, 7) is 2.70. The maximum absolute atomic E-state index is 13.1. The summed E-state index contributed by atoms with van der Waals surface area (Å²) >= 11 is 0. The van der Waals surface area contributed by atoms with Crippen LogP contribution in [0.25, 0.3) is 0 Å². The molecule has 1 N–H and O–H groups in total. The summed E-state index contributed by atoms with van der Waals surface area (Å²) in [7, 11) is 0. The fourth-order valence-electron chi connectivity index (χ4n) is 4.16. The first kappa shape index (κ1) is 19.7. The second-order valence-corrected chi connectivity index (χ2v) is 7.34. The first-order valence-corrected chi connectivity index (χ1v) is 9.82. The standard InChI is InChI=1S/C21H25N5O2/c22-9-10-24-20(27)18-3-1-2-4-19(18)21(28)26-13-11-25(12-14-26)17-7-5-16(15-23)6-8-17/h5-8,18-19H,1-4,10-14H2,(H,24,27)/t18-,19-/m1/s1. The van der Waals surface area contributed by atoms with Crippen molar-refractivity contribution >= 4 is 17.5 Å². The highest BCUT2D eigenvalue weighted by Gasteiger charge is 2.38. The second kappa shape index (κ2) is 9.23. The number of benzene rings is 1. The summed E-state index contributed by atoms with van der Waals surface area (Å²) in [5.41, 5.74) is 1.69. The van der Waals surface area contributed by atoms with Crippen LogP contribution in [0, 0.1) is 34.5 Å². The van der Waals surface area contributed by atoms with Crippen LogP contribution < -0.4 is 10.2 Å². The summed E-state index contributed by atoms with van der Waals surface area (Å²) in [5.74, 6) is -0.716. The third-order valence-corrected chi connectivity index (χ3v) is 5.71. The number of nitrogens with one attached hydrogen (secondary N) is 1. The van der Waals surface area contributed by atoms with Gasteiger partial charge in [0, 0.05) is 43.7 Å². The van der Waals surface area contributed by atoms with E-state index < -0.39 is 0 Å². The van der Waals surface area contributed by atoms with Crippen molar-refractivity contribution < 1.29 is 9.59 Å². The number of piperazine rings is 1. The Morgan fingerprint density at radius 2 is 1.64 bits per heavy atom. The van der Waals surface area contributed by atoms with E-state index in [1.54, 1.807) is 12.1 Å². The Bertz CT molecular complexity index is 784. The molecular weight excluding hydrogens is 354 g/mol. The molecule has 0 spiro atoms. The van der Waals surface area contributed by atoms with E-state index in [4.69, 9.17) is 10.5 Å². The van der Waals surface area contributed by atoms with Gasteiger partial charge in [-0.15, -0.1) is 0 Å². The average molecular weight is 379 g/mol. The maximum atomic E-state index is 13.1. The summed E-state index contributed by atoms with van der Waals surface area (Å²) in [6.07, 6.45) is 3.35. The van der Waals surface area contributed by atoms with E-state index in [9.17, 15) is 9.59 Å². The molecule has 1 saturated heterocycles. The molecule has 1 aliphatic carbocycles. The summed E-state index contributed by atoms with van der Waals surface area (Å²) in [5, 5.41) is 20.2. The lowest BCUT2D eigenvalue weighted by molar-refractivity contribution is -0.143. The van der Waals surface area contributed by atoms with Crippen molar-refractivity contribution in [2.45, 2.75) is 25.7 Å². The molecule has 7 heteroatoms. The fourth-order valence-corrected chi connectivity index (χ4v) is 4.16. The predicted molar refractivity (Wildman–Crippen MR) is 104 cm³/mol. The Labute approximate surface area is 165 Å². The van der Waals surface area contributed by atoms with Crippen LogP contribution in [0.15, 0.2) is 24.3 Å². The number of carbonyl (C=O) groups is 2. The molecule has 0 aromatic heterocycles. The molecule has 2 aliphatic rings. The summed E-state index contributed by atoms with van der Waals surface area (Å²) < 4.78 is 0. The molecule has 0 radical (unpaired) electrons. The van der Waals surface area contributed by atoms with Gasteiger partial charge in [-0.1, -0.05) is 12.8 Å². The minimum absolute atomic E-state index is 0.0144. The van der Waals surface area contributed by atoms with Gasteiger partial charge < -0.3 is 15.1 Å². The Morgan fingerprint density at radius 1 is 1.00 bits per heavy atom. The van der Waals surface area contributed by atoms with E-state index in [0.717, 1.165) is 38.0 Å². The molecule has 2 fully saturated rings. The molecule has 2 atom stereocenters. The highest BCUT2D eigenvalue weighted by atomic mass is 16.2. The van der Waals surface area contributed by atoms with Crippen LogP contribution >= 0.6 is 0 Å². The first-order valence-electron chi connectivity index (χ1n) is 9.82. The maximum Gasteiger partial charge on any atom is 0.226 e. The van der Waals surface area contributed by atoms with Crippen molar-refractivity contribution in [1.82, 2.24) is 10.2 Å². The van der Waals surface area contributed by atoms with E-state index in [1.807, 2.05) is 23.1 Å². The molecule has 1 saturated carbocycles. The van der Waals surface area contributed by atoms with E-state index in [0.29, 0.717) is 25.1 Å². The highest BCUT2D eigenvalue weighted by molar-refractivity contribution is 5.88. The van der Waals surface area contributed by atoms with Gasteiger partial charge in [0.15, 0.2) is 0 Å². The van der Waals surface area contributed by atoms with E-state index >= 15 is 0 Å². The van der Waals surface area contributed by atoms with Crippen LogP contribution in [0.3, 0.4) is 0 Å². The quantitative estimate of drug-likeness (QED) is 0.802. The van der Waals surface area contributed by atoms with Gasteiger partial charge in [-0.3, -0.25) is 9.59 Å². The monoisotopic (exact) mass is 379 g/mol. The van der Waals surface area contributed by atoms with Crippen molar-refractivity contribution in [1.29, 1.82) is 10.5 Å². The van der Waals surface area contributed by atoms with Crippen LogP contribution in [0.2, 0.25) is 0 Å². The summed E-state index contributed by atoms with van der Waals surface area (Å²) in [4.78, 5) is 29.6. The normalized spacial score (nSPS) is 22.1. The lowest BCUT2D eigenvalue weighted by Gasteiger charge is -2.39. The number of rotatable bonds is 4. The zero-order valence-corrected chi connectivity index (χ0v) is 15.9. The van der Waals surface area contributed by atoms with Crippen LogP contribution in [0.1, 0.15) is 31.2 Å². The van der Waals surface area contributed by atoms with Gasteiger partial charge in [-0.2, -0.15) is 10.5 Å². The molecule has 146 valence electrons. The van der Waals surface area contributed by atoms with Crippen molar-refractivity contribution in [3.63, 3.8) is 0 Å². The van der Waals surface area contributed by atoms with Crippen molar-refractivity contribution in [3.05, 3.63) is 29.8 Å². The van der Waals surface area contributed by atoms with Crippen molar-refractivity contribution in [3.8, 4) is 12.1 Å². The van der Waals surface area contributed by atoms with Crippen LogP contribution in [0.5, 0.6) is 0 Å². The fraction of sp³-hybridized carbons (Fsp3) is 0.524. The Kier molecular flexibility index (Phi) is 6.49. The van der Waals surface area contributed by atoms with Gasteiger partial charge in [0.2, 0.25) is 11.8 Å². The average Bonchev–Trinajstić information content (AvgIpc) is 2.77. The molecule has 2 amide bonds. The molecule has 0 unspecified atom stereocenters. The molecule has 0 bridgehead atoms. The number of hydrogen-bond acceptors (Lipinski definition) is 5. The molecule has 3 rings (SSSR count). The van der Waals surface area contributed by atoms with Crippen LogP contribution in [-0.2, 0) is 9.59 Å². The van der Waals surface area contributed by atoms with Gasteiger partial charge >= 0.3 is 0 Å². The van der Waals surface area contributed by atoms with Gasteiger partial charge in [0.1, 0.15) is 6.54 Å². The smallest absolute Gasteiger partial charge is 0.226 e. The molecular formula is C21H25N5O2. The SMILES string of the molecule is N#CCNC(=O)[C@@H]1CCCC[C@H]1C(=O)N1CCN(c2ccc(C#N)cc2)CC1. The molecule has 1 aliphatic heterocycles. The van der Waals surface area contributed by atoms with E-state index in [1.165, 1.54) is 0 Å². The molecule has 1 heterocycles. The topological polar surface area (TPSA) is 100 Å². The number of carbonyl (C=O) groups excluding carboxylic acids is 2. The van der Waals surface area contributed by atoms with Crippen LogP contribution in [-0.4, -0.2) is 49.4 Å². The Morgan fingerprint density at radius 3 is 2.25 bits per heavy atom. The lowest BCUT2D eigenvalue weighted by Crippen LogP contribution is -2.52. The number of amides is 2. The minimum atomic E-state index is -0.328. The third-order valence-electron chi connectivity index (χ3n) is 5.71. The number of nitriles is 2. The van der Waals surface area contributed by atoms with Gasteiger partial charge in [0.25, 0.3) is 0 Å². The molecule has 1 aromatic carbocycles. The summed E-state index contributed by atoms with van der Waals surface area (Å²) in [6, 6.07) is 11.5. The van der Waals surface area contributed by atoms with Gasteiger partial charge in [0.05, 0.1) is 17.7 Å². The van der Waals surface area contributed by atoms with Gasteiger partial charge in [-0.25, -0.2) is 0 Å². The van der Waals surface area contributed by atoms with Crippen LogP contribution in [0.4, 0.5) is 5.69 Å². The van der Waals surface area contributed by atoms with Crippen molar-refractivity contribution in [2.24, 2.45) is 11.8 Å². The third kappa shape index (κ3) is 4.43. The molecule has 28 heavy (non-hydrogen) atoms. The van der Waals surface area contributed by atoms with E-state index in [2.05, 4.69) is 16.3 Å². The second-order valence-electron chi connectivity index (χ2n) is 7.34. The zero-order chi connectivity index (χ0) is 19.9. The van der Waals surface area contributed by atoms with E-state index in [-0.39, 0.29) is 30.2 Å². The largest absolute Gasteiger partial charge is 0.368 e. The Balaban J connectivity index is 1.59. The van der Waals surface area contributed by atoms with Crippen molar-refractivity contribution in [2.75, 3.05) is 37.6 Å². The lowest BCUT2D eigenvalue weighted by atomic mass is 9.77. The highest BCUT2D eigenvalue weighted by Crippen LogP contribution is 2.32. The molecule has 1 aromatic rings.